The van der Waals surface area contributed by atoms with E-state index >= 15 is 0 Å². The zero-order chi connectivity index (χ0) is 15.6. The molecule has 0 aromatic heterocycles. The van der Waals surface area contributed by atoms with Crippen molar-refractivity contribution in [2.24, 2.45) is 11.1 Å². The lowest BCUT2D eigenvalue weighted by molar-refractivity contribution is -0.119. The van der Waals surface area contributed by atoms with Crippen molar-refractivity contribution in [3.63, 3.8) is 0 Å². The third-order valence-corrected chi connectivity index (χ3v) is 3.86. The fourth-order valence-corrected chi connectivity index (χ4v) is 2.96. The van der Waals surface area contributed by atoms with Crippen LogP contribution in [0.2, 0.25) is 0 Å². The van der Waals surface area contributed by atoms with E-state index in [1.54, 1.807) is 0 Å². The van der Waals surface area contributed by atoms with Gasteiger partial charge in [-0.3, -0.25) is 4.79 Å². The van der Waals surface area contributed by atoms with Crippen LogP contribution in [-0.2, 0) is 4.79 Å². The molecule has 0 aliphatic carbocycles. The topological polar surface area (TPSA) is 49.6 Å². The maximum absolute atomic E-state index is 12.6. The summed E-state index contributed by atoms with van der Waals surface area (Å²) in [5.74, 6) is 0.132. The van der Waals surface area contributed by atoms with Gasteiger partial charge < -0.3 is 15.5 Å². The van der Waals surface area contributed by atoms with Gasteiger partial charge in [-0.05, 0) is 24.0 Å². The van der Waals surface area contributed by atoms with E-state index in [0.717, 1.165) is 30.9 Å². The van der Waals surface area contributed by atoms with Gasteiger partial charge in [0.1, 0.15) is 0 Å². The van der Waals surface area contributed by atoms with Crippen molar-refractivity contribution in [1.82, 2.24) is 0 Å². The quantitative estimate of drug-likeness (QED) is 0.930. The van der Waals surface area contributed by atoms with Gasteiger partial charge in [0.05, 0.1) is 11.4 Å². The van der Waals surface area contributed by atoms with E-state index in [-0.39, 0.29) is 17.4 Å². The van der Waals surface area contributed by atoms with Gasteiger partial charge in [-0.2, -0.15) is 0 Å². The summed E-state index contributed by atoms with van der Waals surface area (Å²) in [5.41, 5.74) is 8.42. The van der Waals surface area contributed by atoms with E-state index in [0.29, 0.717) is 6.42 Å². The largest absolute Gasteiger partial charge is 0.371 e. The Morgan fingerprint density at radius 1 is 1.24 bits per heavy atom. The molecule has 1 aliphatic rings. The summed E-state index contributed by atoms with van der Waals surface area (Å²) in [4.78, 5) is 16.7. The molecular weight excluding hydrogens is 262 g/mol. The maximum Gasteiger partial charge on any atom is 0.228 e. The third kappa shape index (κ3) is 3.97. The molecule has 116 valence electrons. The molecule has 2 N–H and O–H groups in total. The third-order valence-electron chi connectivity index (χ3n) is 3.86. The fourth-order valence-electron chi connectivity index (χ4n) is 2.96. The average molecular weight is 289 g/mol. The van der Waals surface area contributed by atoms with E-state index in [1.807, 2.05) is 23.1 Å². The van der Waals surface area contributed by atoms with Crippen LogP contribution in [0, 0.1) is 5.41 Å². The lowest BCUT2D eigenvalue weighted by Crippen LogP contribution is -2.44. The van der Waals surface area contributed by atoms with Crippen LogP contribution in [0.25, 0.3) is 0 Å². The Morgan fingerprint density at radius 2 is 1.86 bits per heavy atom. The van der Waals surface area contributed by atoms with Crippen molar-refractivity contribution >= 4 is 17.3 Å². The molecule has 1 aromatic rings. The van der Waals surface area contributed by atoms with Crippen molar-refractivity contribution in [3.05, 3.63) is 24.3 Å². The predicted octanol–water partition coefficient (Wildman–Crippen LogP) is 2.62. The Hall–Kier alpha value is -1.55. The molecule has 0 saturated heterocycles. The smallest absolute Gasteiger partial charge is 0.228 e. The van der Waals surface area contributed by atoms with Crippen LogP contribution < -0.4 is 15.5 Å². The van der Waals surface area contributed by atoms with Crippen LogP contribution in [0.5, 0.6) is 0 Å². The molecule has 0 spiro atoms. The molecule has 1 heterocycles. The first-order valence-electron chi connectivity index (χ1n) is 7.64. The minimum Gasteiger partial charge on any atom is -0.371 e. The zero-order valence-corrected chi connectivity index (χ0v) is 13.6. The number of fused-ring (bicyclic) bond motifs is 1. The van der Waals surface area contributed by atoms with E-state index in [2.05, 4.69) is 38.8 Å². The van der Waals surface area contributed by atoms with Gasteiger partial charge in [0, 0.05) is 32.6 Å². The molecule has 0 fully saturated rings. The lowest BCUT2D eigenvalue weighted by Gasteiger charge is -2.36. The first-order chi connectivity index (χ1) is 9.78. The summed E-state index contributed by atoms with van der Waals surface area (Å²) < 4.78 is 0. The monoisotopic (exact) mass is 289 g/mol. The lowest BCUT2D eigenvalue weighted by atomic mass is 9.87. The minimum atomic E-state index is -0.0793. The predicted molar refractivity (Wildman–Crippen MR) is 88.7 cm³/mol. The van der Waals surface area contributed by atoms with Gasteiger partial charge in [0.25, 0.3) is 0 Å². The highest BCUT2D eigenvalue weighted by Crippen LogP contribution is 2.32. The Kier molecular flexibility index (Phi) is 4.57. The molecule has 0 saturated carbocycles. The second-order valence-electron chi connectivity index (χ2n) is 7.18. The van der Waals surface area contributed by atoms with E-state index in [9.17, 15) is 4.79 Å². The van der Waals surface area contributed by atoms with Gasteiger partial charge in [0.15, 0.2) is 0 Å². The van der Waals surface area contributed by atoms with Crippen LogP contribution in [-0.4, -0.2) is 32.1 Å². The summed E-state index contributed by atoms with van der Waals surface area (Å²) in [6, 6.07) is 7.98. The van der Waals surface area contributed by atoms with Crippen molar-refractivity contribution < 1.29 is 4.79 Å². The first kappa shape index (κ1) is 15.8. The standard InChI is InChI=1S/C17H27N3O/c1-17(2,3)12-13(18)11-16(21)20-10-9-19(4)14-7-5-6-8-15(14)20/h5-8,13H,9-12,18H2,1-4H3. The number of para-hydroxylation sites is 2. The molecule has 1 aromatic carbocycles. The second-order valence-corrected chi connectivity index (χ2v) is 7.18. The zero-order valence-electron chi connectivity index (χ0n) is 13.6. The maximum atomic E-state index is 12.6. The normalized spacial score (nSPS) is 16.6. The average Bonchev–Trinajstić information content (AvgIpc) is 2.37. The number of hydrogen-bond donors (Lipinski definition) is 1. The van der Waals surface area contributed by atoms with Crippen molar-refractivity contribution in [1.29, 1.82) is 0 Å². The molecule has 1 atom stereocenters. The van der Waals surface area contributed by atoms with Gasteiger partial charge in [0.2, 0.25) is 5.91 Å². The van der Waals surface area contributed by atoms with Gasteiger partial charge in [-0.25, -0.2) is 0 Å². The Morgan fingerprint density at radius 3 is 2.48 bits per heavy atom. The first-order valence-corrected chi connectivity index (χ1v) is 7.64. The number of carbonyl (C=O) groups is 1. The van der Waals surface area contributed by atoms with Gasteiger partial charge in [-0.1, -0.05) is 32.9 Å². The number of carbonyl (C=O) groups excluding carboxylic acids is 1. The van der Waals surface area contributed by atoms with Crippen LogP contribution in [0.4, 0.5) is 11.4 Å². The van der Waals surface area contributed by atoms with E-state index in [1.165, 1.54) is 0 Å². The molecule has 4 heteroatoms. The molecule has 21 heavy (non-hydrogen) atoms. The summed E-state index contributed by atoms with van der Waals surface area (Å²) in [6.07, 6.45) is 1.27. The number of hydrogen-bond acceptors (Lipinski definition) is 3. The summed E-state index contributed by atoms with van der Waals surface area (Å²) in [6.45, 7) is 8.05. The molecule has 2 rings (SSSR count). The summed E-state index contributed by atoms with van der Waals surface area (Å²) in [7, 11) is 2.06. The molecule has 0 bridgehead atoms. The van der Waals surface area contributed by atoms with Crippen LogP contribution >= 0.6 is 0 Å². The number of nitrogens with two attached hydrogens (primary N) is 1. The molecule has 1 amide bonds. The molecular formula is C17H27N3O. The van der Waals surface area contributed by atoms with Crippen molar-refractivity contribution in [2.75, 3.05) is 29.9 Å². The number of likely N-dealkylation sites (N-methyl/N-ethyl adjacent to an activating group) is 1. The molecule has 1 unspecified atom stereocenters. The number of benzene rings is 1. The van der Waals surface area contributed by atoms with Crippen LogP contribution in [0.1, 0.15) is 33.6 Å². The molecule has 1 aliphatic heterocycles. The van der Waals surface area contributed by atoms with Crippen LogP contribution in [0.15, 0.2) is 24.3 Å². The van der Waals surface area contributed by atoms with Crippen molar-refractivity contribution in [3.8, 4) is 0 Å². The molecule has 0 radical (unpaired) electrons. The Balaban J connectivity index is 2.09. The summed E-state index contributed by atoms with van der Waals surface area (Å²) >= 11 is 0. The number of nitrogens with zero attached hydrogens (tertiary/aromatic N) is 2. The second kappa shape index (κ2) is 6.06. The van der Waals surface area contributed by atoms with E-state index < -0.39 is 0 Å². The highest BCUT2D eigenvalue weighted by molar-refractivity contribution is 5.98. The van der Waals surface area contributed by atoms with Gasteiger partial charge in [-0.15, -0.1) is 0 Å². The van der Waals surface area contributed by atoms with E-state index in [4.69, 9.17) is 5.73 Å². The number of rotatable bonds is 3. The van der Waals surface area contributed by atoms with Gasteiger partial charge >= 0.3 is 0 Å². The highest BCUT2D eigenvalue weighted by atomic mass is 16.2. The molecule has 4 nitrogen and oxygen atoms in total. The van der Waals surface area contributed by atoms with Crippen molar-refractivity contribution in [2.45, 2.75) is 39.7 Å². The number of anilines is 2. The number of amides is 1. The minimum absolute atomic E-state index is 0.0793. The fraction of sp³-hybridized carbons (Fsp3) is 0.588. The summed E-state index contributed by atoms with van der Waals surface area (Å²) in [5, 5.41) is 0. The Bertz CT molecular complexity index is 507. The van der Waals surface area contributed by atoms with Crippen LogP contribution in [0.3, 0.4) is 0 Å². The highest BCUT2D eigenvalue weighted by Gasteiger charge is 2.26. The Labute approximate surface area is 127 Å². The SMILES string of the molecule is CN1CCN(C(=O)CC(N)CC(C)(C)C)c2ccccc21.